The van der Waals surface area contributed by atoms with Gasteiger partial charge < -0.3 is 15.1 Å². The van der Waals surface area contributed by atoms with Crippen molar-refractivity contribution in [3.63, 3.8) is 0 Å². The van der Waals surface area contributed by atoms with Gasteiger partial charge in [-0.05, 0) is 37.6 Å². The first-order chi connectivity index (χ1) is 13.1. The SMILES string of the molecule is CCCCNC(=O)C1(NC(=O)c2nc(-c3cccs3)oc2C)CCCCC1. The van der Waals surface area contributed by atoms with Gasteiger partial charge in [0.15, 0.2) is 5.69 Å². The summed E-state index contributed by atoms with van der Waals surface area (Å²) in [6.07, 6.45) is 6.22. The lowest BCUT2D eigenvalue weighted by atomic mass is 9.80. The Labute approximate surface area is 163 Å². The van der Waals surface area contributed by atoms with Gasteiger partial charge in [0.1, 0.15) is 11.3 Å². The van der Waals surface area contributed by atoms with Crippen LogP contribution in [0, 0.1) is 6.92 Å². The van der Waals surface area contributed by atoms with Crippen LogP contribution in [0.1, 0.15) is 68.1 Å². The average Bonchev–Trinajstić information content (AvgIpc) is 3.32. The Morgan fingerprint density at radius 1 is 1.30 bits per heavy atom. The second kappa shape index (κ2) is 8.69. The number of unbranched alkanes of at least 4 members (excludes halogenated alkanes) is 1. The van der Waals surface area contributed by atoms with Gasteiger partial charge in [-0.1, -0.05) is 38.7 Å². The summed E-state index contributed by atoms with van der Waals surface area (Å²) in [7, 11) is 0. The van der Waals surface area contributed by atoms with Crippen LogP contribution in [0.2, 0.25) is 0 Å². The molecule has 3 rings (SSSR count). The largest absolute Gasteiger partial charge is 0.440 e. The van der Waals surface area contributed by atoms with Crippen LogP contribution >= 0.6 is 11.3 Å². The number of amides is 2. The van der Waals surface area contributed by atoms with Gasteiger partial charge >= 0.3 is 0 Å². The molecule has 2 aromatic rings. The predicted octanol–water partition coefficient (Wildman–Crippen LogP) is 4.06. The van der Waals surface area contributed by atoms with E-state index in [2.05, 4.69) is 22.5 Å². The highest BCUT2D eigenvalue weighted by Crippen LogP contribution is 2.30. The number of nitrogens with zero attached hydrogens (tertiary/aromatic N) is 1. The number of hydrogen-bond donors (Lipinski definition) is 2. The molecule has 2 N–H and O–H groups in total. The summed E-state index contributed by atoms with van der Waals surface area (Å²) in [5.41, 5.74) is -0.595. The van der Waals surface area contributed by atoms with Crippen LogP contribution in [-0.2, 0) is 4.79 Å². The zero-order valence-corrected chi connectivity index (χ0v) is 16.8. The molecule has 0 aliphatic heterocycles. The van der Waals surface area contributed by atoms with Crippen molar-refractivity contribution in [3.8, 4) is 10.8 Å². The van der Waals surface area contributed by atoms with E-state index >= 15 is 0 Å². The van der Waals surface area contributed by atoms with Gasteiger partial charge in [-0.2, -0.15) is 0 Å². The third kappa shape index (κ3) is 4.40. The average molecular weight is 390 g/mol. The van der Waals surface area contributed by atoms with E-state index in [0.717, 1.165) is 37.0 Å². The summed E-state index contributed by atoms with van der Waals surface area (Å²) < 4.78 is 5.68. The lowest BCUT2D eigenvalue weighted by Gasteiger charge is -2.36. The van der Waals surface area contributed by atoms with E-state index in [1.165, 1.54) is 11.3 Å². The molecule has 0 saturated heterocycles. The van der Waals surface area contributed by atoms with Gasteiger partial charge in [-0.3, -0.25) is 9.59 Å². The Hall–Kier alpha value is -2.15. The first kappa shape index (κ1) is 19.6. The van der Waals surface area contributed by atoms with Crippen LogP contribution in [-0.4, -0.2) is 28.9 Å². The van der Waals surface area contributed by atoms with Gasteiger partial charge in [0.2, 0.25) is 11.8 Å². The van der Waals surface area contributed by atoms with Crippen molar-refractivity contribution in [3.05, 3.63) is 29.0 Å². The Morgan fingerprint density at radius 2 is 2.07 bits per heavy atom. The van der Waals surface area contributed by atoms with Crippen LogP contribution in [0.3, 0.4) is 0 Å². The molecule has 1 aliphatic rings. The molecule has 146 valence electrons. The molecule has 2 heterocycles. The van der Waals surface area contributed by atoms with Gasteiger partial charge in [0, 0.05) is 6.54 Å². The molecule has 7 heteroatoms. The highest BCUT2D eigenvalue weighted by molar-refractivity contribution is 7.13. The van der Waals surface area contributed by atoms with Crippen LogP contribution in [0.5, 0.6) is 0 Å². The van der Waals surface area contributed by atoms with Crippen molar-refractivity contribution in [2.45, 2.75) is 64.3 Å². The van der Waals surface area contributed by atoms with E-state index in [4.69, 9.17) is 4.42 Å². The van der Waals surface area contributed by atoms with Gasteiger partial charge in [-0.15, -0.1) is 11.3 Å². The molecule has 1 fully saturated rings. The van der Waals surface area contributed by atoms with E-state index in [1.807, 2.05) is 17.5 Å². The highest BCUT2D eigenvalue weighted by Gasteiger charge is 2.41. The summed E-state index contributed by atoms with van der Waals surface area (Å²) in [6, 6.07) is 3.82. The Morgan fingerprint density at radius 3 is 2.74 bits per heavy atom. The summed E-state index contributed by atoms with van der Waals surface area (Å²) in [5.74, 6) is 0.487. The lowest BCUT2D eigenvalue weighted by Crippen LogP contribution is -2.60. The zero-order chi connectivity index (χ0) is 19.3. The maximum Gasteiger partial charge on any atom is 0.274 e. The van der Waals surface area contributed by atoms with E-state index in [1.54, 1.807) is 6.92 Å². The lowest BCUT2D eigenvalue weighted by molar-refractivity contribution is -0.128. The Kier molecular flexibility index (Phi) is 6.31. The molecule has 0 bridgehead atoms. The molecule has 1 aliphatic carbocycles. The molecule has 0 atom stereocenters. The summed E-state index contributed by atoms with van der Waals surface area (Å²) in [4.78, 5) is 31.1. The number of aromatic nitrogens is 1. The molecule has 0 aromatic carbocycles. The number of aryl methyl sites for hydroxylation is 1. The third-order valence-corrected chi connectivity index (χ3v) is 5.91. The molecule has 1 saturated carbocycles. The van der Waals surface area contributed by atoms with E-state index in [9.17, 15) is 9.59 Å². The summed E-state index contributed by atoms with van der Waals surface area (Å²) in [6.45, 7) is 4.45. The molecule has 0 radical (unpaired) electrons. The van der Waals surface area contributed by atoms with Crippen molar-refractivity contribution in [1.29, 1.82) is 0 Å². The van der Waals surface area contributed by atoms with Crippen LogP contribution in [0.15, 0.2) is 21.9 Å². The maximum absolute atomic E-state index is 12.9. The fourth-order valence-corrected chi connectivity index (χ4v) is 4.15. The first-order valence-electron chi connectivity index (χ1n) is 9.68. The molecule has 2 amide bonds. The minimum atomic E-state index is -0.850. The first-order valence-corrected chi connectivity index (χ1v) is 10.6. The molecule has 2 aromatic heterocycles. The number of nitrogens with one attached hydrogen (secondary N) is 2. The second-order valence-electron chi connectivity index (χ2n) is 7.11. The maximum atomic E-state index is 12.9. The molecule has 27 heavy (non-hydrogen) atoms. The van der Waals surface area contributed by atoms with Crippen molar-refractivity contribution >= 4 is 23.2 Å². The predicted molar refractivity (Wildman–Crippen MR) is 106 cm³/mol. The normalized spacial score (nSPS) is 16.1. The molecule has 6 nitrogen and oxygen atoms in total. The fraction of sp³-hybridized carbons (Fsp3) is 0.550. The number of carbonyl (C=O) groups is 2. The van der Waals surface area contributed by atoms with Gasteiger partial charge in [0.25, 0.3) is 5.91 Å². The van der Waals surface area contributed by atoms with Crippen LogP contribution in [0.25, 0.3) is 10.8 Å². The van der Waals surface area contributed by atoms with Crippen molar-refractivity contribution in [1.82, 2.24) is 15.6 Å². The Balaban J connectivity index is 1.77. The molecular formula is C20H27N3O3S. The van der Waals surface area contributed by atoms with Crippen LogP contribution < -0.4 is 10.6 Å². The quantitative estimate of drug-likeness (QED) is 0.700. The minimum absolute atomic E-state index is 0.0800. The van der Waals surface area contributed by atoms with Crippen LogP contribution in [0.4, 0.5) is 0 Å². The van der Waals surface area contributed by atoms with Crippen molar-refractivity contribution in [2.24, 2.45) is 0 Å². The number of oxazole rings is 1. The molecule has 0 unspecified atom stereocenters. The second-order valence-corrected chi connectivity index (χ2v) is 8.06. The van der Waals surface area contributed by atoms with Crippen molar-refractivity contribution in [2.75, 3.05) is 6.54 Å². The summed E-state index contributed by atoms with van der Waals surface area (Å²) in [5, 5.41) is 7.94. The zero-order valence-electron chi connectivity index (χ0n) is 16.0. The number of thiophene rings is 1. The fourth-order valence-electron chi connectivity index (χ4n) is 3.50. The van der Waals surface area contributed by atoms with Crippen molar-refractivity contribution < 1.29 is 14.0 Å². The molecule has 0 spiro atoms. The smallest absolute Gasteiger partial charge is 0.274 e. The van der Waals surface area contributed by atoms with E-state index < -0.39 is 5.54 Å². The van der Waals surface area contributed by atoms with Gasteiger partial charge in [0.05, 0.1) is 4.88 Å². The van der Waals surface area contributed by atoms with E-state index in [-0.39, 0.29) is 17.5 Å². The van der Waals surface area contributed by atoms with E-state index in [0.29, 0.717) is 31.0 Å². The Bertz CT molecular complexity index is 777. The topological polar surface area (TPSA) is 84.2 Å². The monoisotopic (exact) mass is 389 g/mol. The third-order valence-electron chi connectivity index (χ3n) is 5.05. The number of hydrogen-bond acceptors (Lipinski definition) is 5. The summed E-state index contributed by atoms with van der Waals surface area (Å²) >= 11 is 1.51. The van der Waals surface area contributed by atoms with Gasteiger partial charge in [-0.25, -0.2) is 4.98 Å². The highest BCUT2D eigenvalue weighted by atomic mass is 32.1. The minimum Gasteiger partial charge on any atom is -0.440 e. The number of rotatable bonds is 7. The standard InChI is InChI=1S/C20H27N3O3S/c1-3-4-12-21-19(25)20(10-6-5-7-11-20)23-17(24)16-14(2)26-18(22-16)15-9-8-13-27-15/h8-9,13H,3-7,10-12H2,1-2H3,(H,21,25)(H,23,24). The number of carbonyl (C=O) groups excluding carboxylic acids is 2. The molecular weight excluding hydrogens is 362 g/mol.